The van der Waals surface area contributed by atoms with Crippen molar-refractivity contribution in [3.63, 3.8) is 0 Å². The molecular weight excluding hydrogens is 865 g/mol. The average Bonchev–Trinajstić information content (AvgIpc) is 3.36. The molecule has 70 heavy (non-hydrogen) atoms. The number of carbonyl (C=O) groups excluding carboxylic acids is 3. The number of hydrogen-bond acceptors (Lipinski definition) is 6. The van der Waals surface area contributed by atoms with Crippen molar-refractivity contribution in [1.29, 1.82) is 0 Å². The molecule has 0 saturated carbocycles. The molecule has 1 atom stereocenters. The largest absolute Gasteiger partial charge is 0.462 e. The number of esters is 3. The van der Waals surface area contributed by atoms with Gasteiger partial charge < -0.3 is 14.2 Å². The van der Waals surface area contributed by atoms with Gasteiger partial charge in [0.05, 0.1) is 0 Å². The summed E-state index contributed by atoms with van der Waals surface area (Å²) in [5.74, 6) is -0.919. The molecule has 0 aliphatic heterocycles. The van der Waals surface area contributed by atoms with E-state index < -0.39 is 6.10 Å². The van der Waals surface area contributed by atoms with Crippen molar-refractivity contribution < 1.29 is 28.6 Å². The van der Waals surface area contributed by atoms with Crippen LogP contribution in [0.1, 0.15) is 284 Å². The minimum absolute atomic E-state index is 0.0907. The van der Waals surface area contributed by atoms with Gasteiger partial charge in [-0.15, -0.1) is 0 Å². The minimum Gasteiger partial charge on any atom is -0.462 e. The van der Waals surface area contributed by atoms with Crippen molar-refractivity contribution in [1.82, 2.24) is 0 Å². The first-order valence-electron chi connectivity index (χ1n) is 29.6. The van der Waals surface area contributed by atoms with Gasteiger partial charge in [-0.1, -0.05) is 241 Å². The molecule has 1 unspecified atom stereocenters. The highest BCUT2D eigenvalue weighted by Crippen LogP contribution is 2.15. The number of ether oxygens (including phenoxy) is 3. The molecule has 0 heterocycles. The lowest BCUT2D eigenvalue weighted by atomic mass is 10.1. The van der Waals surface area contributed by atoms with Crippen LogP contribution in [-0.4, -0.2) is 37.2 Å². The molecule has 0 rings (SSSR count). The Balaban J connectivity index is 4.45. The fraction of sp³-hybridized carbons (Fsp3) is 0.734. The SMILES string of the molecule is CCCCC/C=C\C/C=C\CCCCCCCCCC(=O)OCC(COC(=O)CCCCCCC\C=C/C=C\C=C/CCCCCCC)OC(=O)CCCCCCCCC/C=C\C/C=C\CCCCC. The Labute approximate surface area is 433 Å². The Morgan fingerprint density at radius 1 is 0.300 bits per heavy atom. The van der Waals surface area contributed by atoms with Crippen LogP contribution in [0.15, 0.2) is 85.1 Å². The third-order valence-corrected chi connectivity index (χ3v) is 12.7. The number of rotatable bonds is 53. The molecule has 0 saturated heterocycles. The average molecular weight is 976 g/mol. The monoisotopic (exact) mass is 975 g/mol. The lowest BCUT2D eigenvalue weighted by Gasteiger charge is -2.18. The molecule has 0 aromatic heterocycles. The van der Waals surface area contributed by atoms with Gasteiger partial charge in [0, 0.05) is 19.3 Å². The maximum absolute atomic E-state index is 12.9. The summed E-state index contributed by atoms with van der Waals surface area (Å²) in [5.41, 5.74) is 0. The van der Waals surface area contributed by atoms with Gasteiger partial charge in [-0.3, -0.25) is 14.4 Å². The quantitative estimate of drug-likeness (QED) is 0.0199. The van der Waals surface area contributed by atoms with Crippen LogP contribution in [0.5, 0.6) is 0 Å². The zero-order chi connectivity index (χ0) is 50.7. The van der Waals surface area contributed by atoms with Gasteiger partial charge in [-0.25, -0.2) is 0 Å². The van der Waals surface area contributed by atoms with Gasteiger partial charge in [0.25, 0.3) is 0 Å². The van der Waals surface area contributed by atoms with Crippen LogP contribution < -0.4 is 0 Å². The summed E-state index contributed by atoms with van der Waals surface area (Å²) in [4.78, 5) is 38.2. The van der Waals surface area contributed by atoms with Crippen molar-refractivity contribution >= 4 is 17.9 Å². The second-order valence-electron chi connectivity index (χ2n) is 19.6. The molecule has 0 bridgehead atoms. The highest BCUT2D eigenvalue weighted by Gasteiger charge is 2.19. The zero-order valence-corrected chi connectivity index (χ0v) is 46.0. The van der Waals surface area contributed by atoms with E-state index in [-0.39, 0.29) is 31.1 Å². The predicted molar refractivity (Wildman–Crippen MR) is 302 cm³/mol. The van der Waals surface area contributed by atoms with Crippen molar-refractivity contribution in [2.75, 3.05) is 13.2 Å². The van der Waals surface area contributed by atoms with Gasteiger partial charge >= 0.3 is 17.9 Å². The Hall–Kier alpha value is -3.41. The molecule has 0 aliphatic carbocycles. The van der Waals surface area contributed by atoms with Crippen LogP contribution in [0.4, 0.5) is 0 Å². The van der Waals surface area contributed by atoms with Gasteiger partial charge in [0.15, 0.2) is 6.10 Å². The molecular formula is C64H110O6. The number of carbonyl (C=O) groups is 3. The molecule has 0 aromatic rings. The highest BCUT2D eigenvalue weighted by atomic mass is 16.6. The first-order chi connectivity index (χ1) is 34.5. The fourth-order valence-electron chi connectivity index (χ4n) is 8.15. The summed E-state index contributed by atoms with van der Waals surface area (Å²) in [5, 5.41) is 0. The normalized spacial score (nSPS) is 12.7. The molecule has 6 nitrogen and oxygen atoms in total. The van der Waals surface area contributed by atoms with E-state index >= 15 is 0 Å². The Morgan fingerprint density at radius 2 is 0.571 bits per heavy atom. The van der Waals surface area contributed by atoms with E-state index in [2.05, 4.69) is 106 Å². The van der Waals surface area contributed by atoms with Gasteiger partial charge in [0.2, 0.25) is 0 Å². The number of allylic oxidation sites excluding steroid dienone is 14. The van der Waals surface area contributed by atoms with E-state index in [0.717, 1.165) is 109 Å². The van der Waals surface area contributed by atoms with Crippen LogP contribution in [0.25, 0.3) is 0 Å². The summed E-state index contributed by atoms with van der Waals surface area (Å²) >= 11 is 0. The third-order valence-electron chi connectivity index (χ3n) is 12.7. The molecule has 0 fully saturated rings. The minimum atomic E-state index is -0.794. The number of unbranched alkanes of at least 4 members (excludes halogenated alkanes) is 30. The van der Waals surface area contributed by atoms with E-state index in [1.165, 1.54) is 135 Å². The highest BCUT2D eigenvalue weighted by molar-refractivity contribution is 5.71. The Morgan fingerprint density at radius 3 is 0.929 bits per heavy atom. The van der Waals surface area contributed by atoms with Gasteiger partial charge in [0.1, 0.15) is 13.2 Å². The molecule has 402 valence electrons. The zero-order valence-electron chi connectivity index (χ0n) is 46.0. The van der Waals surface area contributed by atoms with Crippen molar-refractivity contribution in [2.45, 2.75) is 290 Å². The van der Waals surface area contributed by atoms with Crippen LogP contribution in [0.3, 0.4) is 0 Å². The molecule has 0 N–H and O–H groups in total. The summed E-state index contributed by atoms with van der Waals surface area (Å²) in [6.07, 6.45) is 75.6. The third kappa shape index (κ3) is 55.5. The van der Waals surface area contributed by atoms with Gasteiger partial charge in [-0.05, 0) is 109 Å². The summed E-state index contributed by atoms with van der Waals surface area (Å²) in [6, 6.07) is 0. The standard InChI is InChI=1S/C64H110O6/c1-4-7-10-13-16-19-22-25-28-31-34-36-39-42-45-48-51-54-57-63(66)69-60-61(70-64(67)58-55-52-49-46-43-40-37-33-30-27-24-21-18-15-12-9-6-3)59-68-62(65)56-53-50-47-44-41-38-35-32-29-26-23-20-17-14-11-8-5-2/h17-18,20-22,25-31,34,36,61H,4-16,19,23-24,32-33,35,37-60H2,1-3H3/b20-17-,21-18-,25-22-,29-26-,30-27-,31-28-,36-34-. The second-order valence-corrected chi connectivity index (χ2v) is 19.6. The summed E-state index contributed by atoms with van der Waals surface area (Å²) in [7, 11) is 0. The molecule has 0 aliphatic rings. The van der Waals surface area contributed by atoms with E-state index in [4.69, 9.17) is 14.2 Å². The Kier molecular flexibility index (Phi) is 55.3. The van der Waals surface area contributed by atoms with E-state index in [9.17, 15) is 14.4 Å². The fourth-order valence-corrected chi connectivity index (χ4v) is 8.15. The van der Waals surface area contributed by atoms with E-state index in [0.29, 0.717) is 19.3 Å². The first kappa shape index (κ1) is 66.6. The molecule has 0 spiro atoms. The predicted octanol–water partition coefficient (Wildman–Crippen LogP) is 19.9. The van der Waals surface area contributed by atoms with Crippen molar-refractivity contribution in [3.05, 3.63) is 85.1 Å². The topological polar surface area (TPSA) is 78.9 Å². The molecule has 6 heteroatoms. The lowest BCUT2D eigenvalue weighted by molar-refractivity contribution is -0.167. The first-order valence-corrected chi connectivity index (χ1v) is 29.6. The number of hydrogen-bond donors (Lipinski definition) is 0. The van der Waals surface area contributed by atoms with Crippen LogP contribution in [0.2, 0.25) is 0 Å². The second kappa shape index (κ2) is 58.2. The molecule has 0 amide bonds. The van der Waals surface area contributed by atoms with Crippen molar-refractivity contribution in [2.24, 2.45) is 0 Å². The maximum Gasteiger partial charge on any atom is 0.306 e. The van der Waals surface area contributed by atoms with Crippen LogP contribution in [-0.2, 0) is 28.6 Å². The molecule has 0 aromatic carbocycles. The van der Waals surface area contributed by atoms with Crippen LogP contribution >= 0.6 is 0 Å². The van der Waals surface area contributed by atoms with Gasteiger partial charge in [-0.2, -0.15) is 0 Å². The van der Waals surface area contributed by atoms with Crippen LogP contribution in [0, 0.1) is 0 Å². The van der Waals surface area contributed by atoms with E-state index in [1.54, 1.807) is 0 Å². The smallest absolute Gasteiger partial charge is 0.306 e. The Bertz CT molecular complexity index is 1350. The van der Waals surface area contributed by atoms with E-state index in [1.807, 2.05) is 0 Å². The van der Waals surface area contributed by atoms with Crippen molar-refractivity contribution in [3.8, 4) is 0 Å². The maximum atomic E-state index is 12.9. The summed E-state index contributed by atoms with van der Waals surface area (Å²) < 4.78 is 16.9. The molecule has 0 radical (unpaired) electrons. The lowest BCUT2D eigenvalue weighted by Crippen LogP contribution is -2.30. The summed E-state index contributed by atoms with van der Waals surface area (Å²) in [6.45, 7) is 6.56.